The molecule has 0 bridgehead atoms. The molecule has 0 atom stereocenters. The van der Waals surface area contributed by atoms with Crippen LogP contribution in [0.2, 0.25) is 0 Å². The van der Waals surface area contributed by atoms with Gasteiger partial charge in [-0.1, -0.05) is 38.1 Å². The molecule has 0 aliphatic rings. The molecule has 0 aliphatic carbocycles. The van der Waals surface area contributed by atoms with Crippen molar-refractivity contribution in [1.29, 1.82) is 0 Å². The number of thiophene rings is 1. The van der Waals surface area contributed by atoms with Crippen molar-refractivity contribution in [3.63, 3.8) is 0 Å². The lowest BCUT2D eigenvalue weighted by molar-refractivity contribution is 0.111. The van der Waals surface area contributed by atoms with Crippen LogP contribution in [-0.2, 0) is 12.8 Å². The highest BCUT2D eigenvalue weighted by molar-refractivity contribution is 7.17. The van der Waals surface area contributed by atoms with Crippen molar-refractivity contribution < 1.29 is 9.59 Å². The monoisotopic (exact) mass is 376 g/mol. The Morgan fingerprint density at radius 2 is 1.44 bits per heavy atom. The van der Waals surface area contributed by atoms with Crippen LogP contribution in [0.25, 0.3) is 21.6 Å². The minimum atomic E-state index is 0.753. The molecule has 3 heteroatoms. The Kier molecular flexibility index (Phi) is 5.71. The van der Waals surface area contributed by atoms with E-state index < -0.39 is 0 Å². The van der Waals surface area contributed by atoms with E-state index in [-0.39, 0.29) is 0 Å². The van der Waals surface area contributed by atoms with Gasteiger partial charge in [0.1, 0.15) is 0 Å². The Labute approximate surface area is 164 Å². The van der Waals surface area contributed by atoms with Gasteiger partial charge in [0.25, 0.3) is 0 Å². The summed E-state index contributed by atoms with van der Waals surface area (Å²) in [7, 11) is 0. The molecule has 0 unspecified atom stereocenters. The summed E-state index contributed by atoms with van der Waals surface area (Å²) in [6.45, 7) is 8.37. The van der Waals surface area contributed by atoms with E-state index in [0.29, 0.717) is 0 Å². The second kappa shape index (κ2) is 8.01. The summed E-state index contributed by atoms with van der Waals surface area (Å²) in [5.41, 5.74) is 8.97. The van der Waals surface area contributed by atoms with Crippen LogP contribution in [-0.4, -0.2) is 12.6 Å². The van der Waals surface area contributed by atoms with Gasteiger partial charge in [0.15, 0.2) is 12.6 Å². The summed E-state index contributed by atoms with van der Waals surface area (Å²) in [5.74, 6) is 0. The van der Waals surface area contributed by atoms with Crippen molar-refractivity contribution in [3.05, 3.63) is 69.1 Å². The second-order valence-electron chi connectivity index (χ2n) is 6.84. The highest BCUT2D eigenvalue weighted by Crippen LogP contribution is 2.37. The van der Waals surface area contributed by atoms with Crippen molar-refractivity contribution in [2.24, 2.45) is 0 Å². The second-order valence-corrected chi connectivity index (χ2v) is 7.95. The Morgan fingerprint density at radius 3 is 2.00 bits per heavy atom. The predicted molar refractivity (Wildman–Crippen MR) is 114 cm³/mol. The fourth-order valence-corrected chi connectivity index (χ4v) is 4.68. The molecule has 0 spiro atoms. The topological polar surface area (TPSA) is 34.1 Å². The van der Waals surface area contributed by atoms with E-state index in [4.69, 9.17) is 0 Å². The van der Waals surface area contributed by atoms with Crippen molar-refractivity contribution in [3.8, 4) is 21.6 Å². The minimum absolute atomic E-state index is 0.753. The van der Waals surface area contributed by atoms with Gasteiger partial charge in [0.2, 0.25) is 0 Å². The Bertz CT molecular complexity index is 1010. The number of aldehydes is 2. The number of hydrogen-bond donors (Lipinski definition) is 0. The van der Waals surface area contributed by atoms with Gasteiger partial charge in [0, 0.05) is 10.4 Å². The predicted octanol–water partition coefficient (Wildman–Crippen LogP) is 6.45. The Hall–Kier alpha value is -2.52. The van der Waals surface area contributed by atoms with Crippen LogP contribution >= 0.6 is 11.3 Å². The van der Waals surface area contributed by atoms with Crippen LogP contribution in [0.15, 0.2) is 36.4 Å². The number of carbonyl (C=O) groups excluding carboxylic acids is 2. The molecule has 0 fully saturated rings. The molecule has 2 aromatic carbocycles. The van der Waals surface area contributed by atoms with E-state index in [0.717, 1.165) is 57.4 Å². The maximum Gasteiger partial charge on any atom is 0.160 e. The van der Waals surface area contributed by atoms with E-state index >= 15 is 0 Å². The maximum atomic E-state index is 11.4. The fraction of sp³-hybridized carbons (Fsp3) is 0.250. The number of benzene rings is 2. The van der Waals surface area contributed by atoms with Gasteiger partial charge >= 0.3 is 0 Å². The Balaban J connectivity index is 2.16. The van der Waals surface area contributed by atoms with Gasteiger partial charge in [-0.15, -0.1) is 11.3 Å². The molecule has 3 aromatic rings. The zero-order chi connectivity index (χ0) is 19.6. The number of rotatable bonds is 6. The van der Waals surface area contributed by atoms with E-state index in [1.165, 1.54) is 33.6 Å². The normalized spacial score (nSPS) is 10.8. The van der Waals surface area contributed by atoms with Crippen LogP contribution in [0, 0.1) is 13.8 Å². The van der Waals surface area contributed by atoms with Gasteiger partial charge in [-0.2, -0.15) is 0 Å². The van der Waals surface area contributed by atoms with E-state index in [1.54, 1.807) is 0 Å². The molecule has 0 amide bonds. The molecule has 1 aromatic heterocycles. The van der Waals surface area contributed by atoms with Crippen molar-refractivity contribution in [1.82, 2.24) is 0 Å². The first-order chi connectivity index (χ1) is 13.0. The highest BCUT2D eigenvalue weighted by atomic mass is 32.1. The molecule has 0 radical (unpaired) electrons. The molecule has 0 N–H and O–H groups in total. The molecule has 138 valence electrons. The Morgan fingerprint density at radius 1 is 0.815 bits per heavy atom. The first-order valence-electron chi connectivity index (χ1n) is 9.30. The van der Waals surface area contributed by atoms with E-state index in [1.807, 2.05) is 19.1 Å². The summed E-state index contributed by atoms with van der Waals surface area (Å²) in [6.07, 6.45) is 3.63. The number of aryl methyl sites for hydroxylation is 4. The first-order valence-corrected chi connectivity index (χ1v) is 10.1. The molecule has 2 nitrogen and oxygen atoms in total. The molecule has 3 rings (SSSR count). The lowest BCUT2D eigenvalue weighted by Gasteiger charge is -2.15. The van der Waals surface area contributed by atoms with Gasteiger partial charge in [-0.05, 0) is 77.8 Å². The lowest BCUT2D eigenvalue weighted by Crippen LogP contribution is -1.97. The van der Waals surface area contributed by atoms with Crippen molar-refractivity contribution in [2.75, 3.05) is 0 Å². The quantitative estimate of drug-likeness (QED) is 0.463. The smallest absolute Gasteiger partial charge is 0.160 e. The molecule has 0 saturated heterocycles. The summed E-state index contributed by atoms with van der Waals surface area (Å²) >= 11 is 1.54. The van der Waals surface area contributed by atoms with Gasteiger partial charge in [-0.3, -0.25) is 9.59 Å². The van der Waals surface area contributed by atoms with Crippen LogP contribution in [0.3, 0.4) is 0 Å². The minimum Gasteiger partial charge on any atom is -0.298 e. The molecule has 1 heterocycles. The van der Waals surface area contributed by atoms with Crippen molar-refractivity contribution >= 4 is 23.9 Å². The van der Waals surface area contributed by atoms with Gasteiger partial charge in [-0.25, -0.2) is 0 Å². The molecule has 0 saturated carbocycles. The molecular formula is C24H24O2S. The number of carbonyl (C=O) groups is 2. The largest absolute Gasteiger partial charge is 0.298 e. The standard InChI is InChI=1S/C24H24O2S/c1-5-17-11-19(9-15(3)22(17)14-26)20-10-16(4)24(18(6-2)12-20)23-8-7-21(13-25)27-23/h7-14H,5-6H2,1-4H3. The summed E-state index contributed by atoms with van der Waals surface area (Å²) < 4.78 is 0. The van der Waals surface area contributed by atoms with Crippen molar-refractivity contribution in [2.45, 2.75) is 40.5 Å². The molecular weight excluding hydrogens is 352 g/mol. The molecule has 27 heavy (non-hydrogen) atoms. The van der Waals surface area contributed by atoms with Crippen LogP contribution < -0.4 is 0 Å². The highest BCUT2D eigenvalue weighted by Gasteiger charge is 2.14. The van der Waals surface area contributed by atoms with E-state index in [2.05, 4.69) is 45.0 Å². The zero-order valence-electron chi connectivity index (χ0n) is 16.3. The van der Waals surface area contributed by atoms with Crippen LogP contribution in [0.5, 0.6) is 0 Å². The van der Waals surface area contributed by atoms with Crippen LogP contribution in [0.1, 0.15) is 56.1 Å². The maximum absolute atomic E-state index is 11.4. The average Bonchev–Trinajstić information content (AvgIpc) is 3.15. The zero-order valence-corrected chi connectivity index (χ0v) is 17.1. The number of hydrogen-bond acceptors (Lipinski definition) is 3. The third-order valence-electron chi connectivity index (χ3n) is 5.09. The third kappa shape index (κ3) is 3.65. The van der Waals surface area contributed by atoms with Gasteiger partial charge in [0.05, 0.1) is 4.88 Å². The summed E-state index contributed by atoms with van der Waals surface area (Å²) in [4.78, 5) is 24.4. The fourth-order valence-electron chi connectivity index (χ4n) is 3.71. The van der Waals surface area contributed by atoms with E-state index in [9.17, 15) is 9.59 Å². The third-order valence-corrected chi connectivity index (χ3v) is 6.12. The lowest BCUT2D eigenvalue weighted by atomic mass is 9.90. The summed E-state index contributed by atoms with van der Waals surface area (Å²) in [6, 6.07) is 12.6. The van der Waals surface area contributed by atoms with Crippen LogP contribution in [0.4, 0.5) is 0 Å². The molecule has 0 aliphatic heterocycles. The first kappa shape index (κ1) is 19.2. The summed E-state index contributed by atoms with van der Waals surface area (Å²) in [5, 5.41) is 0. The average molecular weight is 377 g/mol. The van der Waals surface area contributed by atoms with Gasteiger partial charge < -0.3 is 0 Å². The SMILES string of the molecule is CCc1cc(-c2cc(C)c(-c3ccc(C=O)s3)c(CC)c2)cc(C)c1C=O.